The number of halogens is 1. The highest BCUT2D eigenvalue weighted by molar-refractivity contribution is 9.10. The van der Waals surface area contributed by atoms with Gasteiger partial charge in [-0.15, -0.1) is 5.10 Å². The molecule has 8 nitrogen and oxygen atoms in total. The van der Waals surface area contributed by atoms with E-state index in [1.807, 2.05) is 38.2 Å². The molecule has 0 radical (unpaired) electrons. The summed E-state index contributed by atoms with van der Waals surface area (Å²) < 4.78 is 4.51. The van der Waals surface area contributed by atoms with Crippen LogP contribution in [0.3, 0.4) is 0 Å². The van der Waals surface area contributed by atoms with Crippen LogP contribution in [0, 0.1) is 6.92 Å². The molecule has 27 heavy (non-hydrogen) atoms. The van der Waals surface area contributed by atoms with Crippen LogP contribution in [-0.2, 0) is 11.8 Å². The Kier molecular flexibility index (Phi) is 5.00. The summed E-state index contributed by atoms with van der Waals surface area (Å²) in [6.07, 6.45) is 2.19. The number of benzene rings is 1. The Morgan fingerprint density at radius 1 is 1.33 bits per heavy atom. The van der Waals surface area contributed by atoms with E-state index in [1.54, 1.807) is 9.36 Å². The van der Waals surface area contributed by atoms with Gasteiger partial charge in [0.2, 0.25) is 11.1 Å². The highest BCUT2D eigenvalue weighted by Crippen LogP contribution is 2.36. The van der Waals surface area contributed by atoms with E-state index in [0.717, 1.165) is 34.1 Å². The summed E-state index contributed by atoms with van der Waals surface area (Å²) in [5.41, 5.74) is 2.79. The number of rotatable bonds is 6. The van der Waals surface area contributed by atoms with Crippen molar-refractivity contribution >= 4 is 39.4 Å². The molecule has 140 valence electrons. The molecule has 0 aliphatic heterocycles. The lowest BCUT2D eigenvalue weighted by Gasteiger charge is -2.09. The van der Waals surface area contributed by atoms with Crippen LogP contribution in [0.4, 0.5) is 5.82 Å². The van der Waals surface area contributed by atoms with Gasteiger partial charge < -0.3 is 5.32 Å². The van der Waals surface area contributed by atoms with Crippen LogP contribution in [-0.4, -0.2) is 41.6 Å². The van der Waals surface area contributed by atoms with Crippen molar-refractivity contribution in [3.8, 4) is 11.1 Å². The van der Waals surface area contributed by atoms with Crippen LogP contribution in [0.2, 0.25) is 0 Å². The van der Waals surface area contributed by atoms with Crippen molar-refractivity contribution in [3.05, 3.63) is 34.4 Å². The maximum absolute atomic E-state index is 12.5. The van der Waals surface area contributed by atoms with Gasteiger partial charge in [0.15, 0.2) is 0 Å². The zero-order valence-corrected chi connectivity index (χ0v) is 17.3. The van der Waals surface area contributed by atoms with Gasteiger partial charge in [-0.25, -0.2) is 4.68 Å². The predicted octanol–water partition coefficient (Wildman–Crippen LogP) is 3.21. The van der Waals surface area contributed by atoms with Crippen molar-refractivity contribution in [3.63, 3.8) is 0 Å². The minimum atomic E-state index is -0.119. The van der Waals surface area contributed by atoms with Crippen LogP contribution in [0.25, 0.3) is 11.1 Å². The molecule has 0 spiro atoms. The van der Waals surface area contributed by atoms with Gasteiger partial charge in [0.1, 0.15) is 5.82 Å². The Morgan fingerprint density at radius 3 is 2.78 bits per heavy atom. The van der Waals surface area contributed by atoms with Crippen LogP contribution in [0.5, 0.6) is 0 Å². The zero-order valence-electron chi connectivity index (χ0n) is 14.9. The molecule has 1 amide bonds. The number of carbonyl (C=O) groups excluding carboxylic acids is 1. The number of nitrogens with zero attached hydrogens (tertiary/aromatic N) is 6. The molecular weight excluding hydrogens is 430 g/mol. The Morgan fingerprint density at radius 2 is 2.07 bits per heavy atom. The van der Waals surface area contributed by atoms with E-state index in [9.17, 15) is 4.79 Å². The molecule has 1 aliphatic rings. The second kappa shape index (κ2) is 7.43. The number of nitrogens with one attached hydrogen (secondary N) is 1. The van der Waals surface area contributed by atoms with Crippen molar-refractivity contribution in [2.75, 3.05) is 11.1 Å². The molecule has 1 fully saturated rings. The van der Waals surface area contributed by atoms with E-state index < -0.39 is 0 Å². The molecule has 1 N–H and O–H groups in total. The molecule has 1 saturated carbocycles. The Labute approximate surface area is 168 Å². The maximum atomic E-state index is 12.5. The zero-order chi connectivity index (χ0) is 19.0. The monoisotopic (exact) mass is 447 g/mol. The van der Waals surface area contributed by atoms with Crippen LogP contribution in [0.1, 0.15) is 24.6 Å². The molecule has 3 aromatic rings. The van der Waals surface area contributed by atoms with E-state index in [-0.39, 0.29) is 11.7 Å². The average molecular weight is 448 g/mol. The number of tetrazole rings is 1. The summed E-state index contributed by atoms with van der Waals surface area (Å²) >= 11 is 4.79. The van der Waals surface area contributed by atoms with Gasteiger partial charge in [0.05, 0.1) is 17.5 Å². The van der Waals surface area contributed by atoms with Gasteiger partial charge in [-0.05, 0) is 47.9 Å². The second-order valence-electron chi connectivity index (χ2n) is 6.41. The number of hydrogen-bond acceptors (Lipinski definition) is 6. The highest BCUT2D eigenvalue weighted by atomic mass is 79.9. The summed E-state index contributed by atoms with van der Waals surface area (Å²) in [6, 6.07) is 8.33. The number of hydrogen-bond donors (Lipinski definition) is 1. The smallest absolute Gasteiger partial charge is 0.236 e. The van der Waals surface area contributed by atoms with E-state index in [0.29, 0.717) is 17.0 Å². The van der Waals surface area contributed by atoms with Crippen LogP contribution < -0.4 is 5.32 Å². The lowest BCUT2D eigenvalue weighted by Crippen LogP contribution is -2.17. The van der Waals surface area contributed by atoms with Crippen molar-refractivity contribution in [2.45, 2.75) is 31.0 Å². The number of anilines is 1. The van der Waals surface area contributed by atoms with Crippen molar-refractivity contribution in [1.29, 1.82) is 0 Å². The van der Waals surface area contributed by atoms with Gasteiger partial charge in [-0.1, -0.05) is 39.8 Å². The van der Waals surface area contributed by atoms with Gasteiger partial charge in [0, 0.05) is 17.1 Å². The Hall–Kier alpha value is -2.20. The third-order valence-electron chi connectivity index (χ3n) is 4.30. The lowest BCUT2D eigenvalue weighted by atomic mass is 10.1. The summed E-state index contributed by atoms with van der Waals surface area (Å²) in [5, 5.41) is 19.9. The van der Waals surface area contributed by atoms with Crippen LogP contribution in [0.15, 0.2) is 33.9 Å². The molecular formula is C17H18BrN7OS. The topological polar surface area (TPSA) is 90.5 Å². The van der Waals surface area contributed by atoms with E-state index in [2.05, 4.69) is 41.9 Å². The number of thioether (sulfide) groups is 1. The SMILES string of the molecule is Cc1nn(C)c(NC(=O)CSc2nnnn2C2CC2)c1-c1ccc(Br)cc1. The highest BCUT2D eigenvalue weighted by Gasteiger charge is 2.28. The number of carbonyl (C=O) groups is 1. The summed E-state index contributed by atoms with van der Waals surface area (Å²) in [4.78, 5) is 12.5. The van der Waals surface area contributed by atoms with Crippen LogP contribution >= 0.6 is 27.7 Å². The molecule has 2 aromatic heterocycles. The third-order valence-corrected chi connectivity index (χ3v) is 5.76. The fourth-order valence-corrected chi connectivity index (χ4v) is 3.90. The van der Waals surface area contributed by atoms with E-state index in [4.69, 9.17) is 0 Å². The first kappa shape index (κ1) is 18.2. The molecule has 1 aliphatic carbocycles. The quantitative estimate of drug-likeness (QED) is 0.583. The molecule has 0 unspecified atom stereocenters. The second-order valence-corrected chi connectivity index (χ2v) is 8.27. The Balaban J connectivity index is 1.49. The standard InChI is InChI=1S/C17H18BrN7OS/c1-10-15(11-3-5-12(18)6-4-11)16(24(2)21-10)19-14(26)9-27-17-20-22-23-25(17)13-7-8-13/h3-6,13H,7-9H2,1-2H3,(H,19,26). The molecule has 1 aromatic carbocycles. The predicted molar refractivity (Wildman–Crippen MR) is 107 cm³/mol. The largest absolute Gasteiger partial charge is 0.310 e. The van der Waals surface area contributed by atoms with Crippen molar-refractivity contribution in [1.82, 2.24) is 30.0 Å². The molecule has 4 rings (SSSR count). The average Bonchev–Trinajstić information content (AvgIpc) is 3.31. The van der Waals surface area contributed by atoms with Gasteiger partial charge in [0.25, 0.3) is 0 Å². The minimum absolute atomic E-state index is 0.119. The Bertz CT molecular complexity index is 978. The maximum Gasteiger partial charge on any atom is 0.236 e. The summed E-state index contributed by atoms with van der Waals surface area (Å²) in [7, 11) is 1.83. The fraction of sp³-hybridized carbons (Fsp3) is 0.353. The van der Waals surface area contributed by atoms with E-state index >= 15 is 0 Å². The van der Waals surface area contributed by atoms with Gasteiger partial charge in [-0.3, -0.25) is 9.48 Å². The first-order valence-electron chi connectivity index (χ1n) is 8.53. The van der Waals surface area contributed by atoms with Crippen molar-refractivity contribution in [2.24, 2.45) is 7.05 Å². The molecule has 2 heterocycles. The number of aryl methyl sites for hydroxylation is 2. The molecule has 0 saturated heterocycles. The summed E-state index contributed by atoms with van der Waals surface area (Å²) in [5.74, 6) is 0.797. The molecule has 0 bridgehead atoms. The fourth-order valence-electron chi connectivity index (χ4n) is 2.89. The molecule has 10 heteroatoms. The number of amides is 1. The number of aromatic nitrogens is 6. The first-order chi connectivity index (χ1) is 13.0. The van der Waals surface area contributed by atoms with E-state index in [1.165, 1.54) is 11.8 Å². The minimum Gasteiger partial charge on any atom is -0.310 e. The summed E-state index contributed by atoms with van der Waals surface area (Å²) in [6.45, 7) is 1.94. The third kappa shape index (κ3) is 3.91. The van der Waals surface area contributed by atoms with Gasteiger partial charge >= 0.3 is 0 Å². The lowest BCUT2D eigenvalue weighted by molar-refractivity contribution is -0.113. The first-order valence-corrected chi connectivity index (χ1v) is 10.3. The van der Waals surface area contributed by atoms with Crippen molar-refractivity contribution < 1.29 is 4.79 Å². The molecule has 0 atom stereocenters. The van der Waals surface area contributed by atoms with Gasteiger partial charge in [-0.2, -0.15) is 5.10 Å². The normalized spacial score (nSPS) is 13.7.